The molecule has 0 spiro atoms. The monoisotopic (exact) mass is 1190 g/mol. The van der Waals surface area contributed by atoms with E-state index < -0.39 is 0 Å². The number of unbranched alkanes of at least 4 members (excludes halogenated alkanes) is 15. The van der Waals surface area contributed by atoms with Crippen molar-refractivity contribution in [2.75, 3.05) is 0 Å². The Bertz CT molecular complexity index is 3970. The molecule has 10 aromatic carbocycles. The average Bonchev–Trinajstić information content (AvgIpc) is 1.58. The van der Waals surface area contributed by atoms with Gasteiger partial charge in [0.15, 0.2) is 0 Å². The lowest BCUT2D eigenvalue weighted by Crippen LogP contribution is -1.91. The third-order valence-electron chi connectivity index (χ3n) is 18.6. The second-order valence-corrected chi connectivity index (χ2v) is 28.0. The molecule has 0 bridgehead atoms. The standard InChI is InChI=1S/C84H84S3/c1-4-7-10-13-16-22-31-58-40-46-67(70(52-58)61-34-25-19-26-35-61)64-43-49-76-73(55-64)79-82(85-76)80-75-57-66(69-48-42-60(33-24-18-15-12-9-6-3)54-72(69)63-38-29-21-30-39-63)45-51-78(75)87-84(80)81-74-56-65(44-50-77(74)86-83(79)81)68-47-41-59(32-23-17-14-11-8-5-2)53-71(68)62-36-27-20-28-37-62/h19-21,25-30,34-57H,4-18,22-24,31-33H2,1-3H3. The maximum absolute atomic E-state index is 2.56. The summed E-state index contributed by atoms with van der Waals surface area (Å²) in [4.78, 5) is 0. The van der Waals surface area contributed by atoms with Gasteiger partial charge < -0.3 is 0 Å². The van der Waals surface area contributed by atoms with Gasteiger partial charge >= 0.3 is 0 Å². The van der Waals surface area contributed by atoms with E-state index in [9.17, 15) is 0 Å². The Morgan fingerprint density at radius 1 is 0.230 bits per heavy atom. The van der Waals surface area contributed by atoms with Crippen molar-refractivity contribution < 1.29 is 0 Å². The van der Waals surface area contributed by atoms with E-state index in [2.05, 4.69) is 221 Å². The van der Waals surface area contributed by atoms with Gasteiger partial charge in [0.25, 0.3) is 0 Å². The zero-order valence-corrected chi connectivity index (χ0v) is 54.1. The van der Waals surface area contributed by atoms with Crippen molar-refractivity contribution in [2.24, 2.45) is 0 Å². The van der Waals surface area contributed by atoms with E-state index in [-0.39, 0.29) is 0 Å². The summed E-state index contributed by atoms with van der Waals surface area (Å²) in [6, 6.07) is 77.7. The molecule has 0 saturated carbocycles. The fourth-order valence-electron chi connectivity index (χ4n) is 13.9. The van der Waals surface area contributed by atoms with E-state index in [0.29, 0.717) is 0 Å². The minimum absolute atomic E-state index is 1.12. The predicted molar refractivity (Wildman–Crippen MR) is 389 cm³/mol. The summed E-state index contributed by atoms with van der Waals surface area (Å²) in [5.41, 5.74) is 19.9. The molecule has 438 valence electrons. The summed E-state index contributed by atoms with van der Waals surface area (Å²) in [7, 11) is 0. The molecular weight excluding hydrogens is 1110 g/mol. The third-order valence-corrected chi connectivity index (χ3v) is 22.2. The van der Waals surface area contributed by atoms with E-state index in [1.165, 1.54) is 260 Å². The normalized spacial score (nSPS) is 11.9. The van der Waals surface area contributed by atoms with Crippen molar-refractivity contribution >= 4 is 94.5 Å². The van der Waals surface area contributed by atoms with Gasteiger partial charge in [-0.25, -0.2) is 0 Å². The van der Waals surface area contributed by atoms with Crippen LogP contribution in [0.15, 0.2) is 200 Å². The highest BCUT2D eigenvalue weighted by Crippen LogP contribution is 2.55. The molecule has 0 atom stereocenters. The highest BCUT2D eigenvalue weighted by Gasteiger charge is 2.24. The van der Waals surface area contributed by atoms with Gasteiger partial charge in [-0.15, -0.1) is 34.0 Å². The van der Waals surface area contributed by atoms with Crippen LogP contribution in [0.5, 0.6) is 0 Å². The van der Waals surface area contributed by atoms with Gasteiger partial charge in [-0.3, -0.25) is 0 Å². The van der Waals surface area contributed by atoms with Crippen LogP contribution in [0.3, 0.4) is 0 Å². The van der Waals surface area contributed by atoms with Gasteiger partial charge in [-0.2, -0.15) is 0 Å². The maximum atomic E-state index is 2.56. The maximum Gasteiger partial charge on any atom is 0.0463 e. The minimum atomic E-state index is 1.12. The first kappa shape index (κ1) is 58.9. The molecule has 0 aliphatic heterocycles. The van der Waals surface area contributed by atoms with Crippen LogP contribution < -0.4 is 0 Å². The van der Waals surface area contributed by atoms with Gasteiger partial charge in [-0.1, -0.05) is 281 Å². The van der Waals surface area contributed by atoms with Crippen LogP contribution in [-0.2, 0) is 19.3 Å². The Kier molecular flexibility index (Phi) is 18.9. The largest absolute Gasteiger partial charge is 0.134 e. The number of aryl methyl sites for hydroxylation is 3. The van der Waals surface area contributed by atoms with E-state index >= 15 is 0 Å². The smallest absolute Gasteiger partial charge is 0.0463 e. The van der Waals surface area contributed by atoms with E-state index in [1.807, 2.05) is 34.0 Å². The van der Waals surface area contributed by atoms with Crippen LogP contribution in [0.2, 0.25) is 0 Å². The number of thiophene rings is 3. The van der Waals surface area contributed by atoms with Crippen LogP contribution in [0.4, 0.5) is 0 Å². The zero-order valence-electron chi connectivity index (χ0n) is 51.6. The lowest BCUT2D eigenvalue weighted by molar-refractivity contribution is 0.607. The number of benzene rings is 10. The molecule has 3 aromatic heterocycles. The molecule has 3 heteroatoms. The van der Waals surface area contributed by atoms with Crippen LogP contribution in [-0.4, -0.2) is 0 Å². The van der Waals surface area contributed by atoms with Gasteiger partial charge in [-0.05, 0) is 158 Å². The summed E-state index contributed by atoms with van der Waals surface area (Å²) in [5, 5.41) is 8.29. The van der Waals surface area contributed by atoms with Crippen molar-refractivity contribution in [1.29, 1.82) is 0 Å². The van der Waals surface area contributed by atoms with Crippen LogP contribution in [0.1, 0.15) is 153 Å². The summed E-state index contributed by atoms with van der Waals surface area (Å²) in [6.07, 6.45) is 26.9. The van der Waals surface area contributed by atoms with Gasteiger partial charge in [0.05, 0.1) is 0 Å². The van der Waals surface area contributed by atoms with Crippen molar-refractivity contribution in [3.05, 3.63) is 217 Å². The molecule has 0 aliphatic rings. The van der Waals surface area contributed by atoms with Crippen LogP contribution in [0.25, 0.3) is 127 Å². The fraction of sp³-hybridized carbons (Fsp3) is 0.286. The topological polar surface area (TPSA) is 0 Å². The second-order valence-electron chi connectivity index (χ2n) is 24.8. The first-order valence-corrected chi connectivity index (χ1v) is 35.8. The summed E-state index contributed by atoms with van der Waals surface area (Å²) >= 11 is 6.00. The Morgan fingerprint density at radius 2 is 0.506 bits per heavy atom. The summed E-state index contributed by atoms with van der Waals surface area (Å²) in [5.74, 6) is 0. The number of rotatable bonds is 27. The Labute approximate surface area is 530 Å². The molecule has 0 radical (unpaired) electrons. The van der Waals surface area contributed by atoms with Crippen molar-refractivity contribution in [3.63, 3.8) is 0 Å². The Morgan fingerprint density at radius 3 is 0.793 bits per heavy atom. The Balaban J connectivity index is 0.988. The molecular formula is C84H84S3. The molecule has 0 saturated heterocycles. The number of hydrogen-bond acceptors (Lipinski definition) is 3. The molecule has 0 nitrogen and oxygen atoms in total. The van der Waals surface area contributed by atoms with Gasteiger partial charge in [0.1, 0.15) is 0 Å². The van der Waals surface area contributed by atoms with E-state index in [4.69, 9.17) is 0 Å². The fourth-order valence-corrected chi connectivity index (χ4v) is 17.9. The van der Waals surface area contributed by atoms with Gasteiger partial charge in [0.2, 0.25) is 0 Å². The first-order valence-electron chi connectivity index (χ1n) is 33.3. The number of fused-ring (bicyclic) bond motifs is 12. The SMILES string of the molecule is CCCCCCCCc1ccc(-c2ccc3sc4c(c3c2)c2sc3ccc(-c5ccc(CCCCCCCC)cc5-c5ccccc5)cc3c2c2sc3ccc(-c5ccc(CCCCCCCC)cc5-c5ccccc5)cc3c42)c(-c2ccccc2)c1. The molecule has 0 amide bonds. The molecule has 87 heavy (non-hydrogen) atoms. The molecule has 13 aromatic rings. The van der Waals surface area contributed by atoms with Crippen molar-refractivity contribution in [1.82, 2.24) is 0 Å². The van der Waals surface area contributed by atoms with E-state index in [0.717, 1.165) is 19.3 Å². The highest BCUT2D eigenvalue weighted by molar-refractivity contribution is 7.34. The highest BCUT2D eigenvalue weighted by atomic mass is 32.1. The van der Waals surface area contributed by atoms with Gasteiger partial charge in [0, 0.05) is 60.5 Å². The quantitative estimate of drug-likeness (QED) is 0.0450. The molecule has 0 N–H and O–H groups in total. The first-order chi connectivity index (χ1) is 43.0. The predicted octanol–water partition coefficient (Wildman–Crippen LogP) is 27.5. The molecule has 0 aliphatic carbocycles. The second kappa shape index (κ2) is 27.9. The number of hydrogen-bond donors (Lipinski definition) is 0. The summed E-state index contributed by atoms with van der Waals surface area (Å²) < 4.78 is 8.25. The minimum Gasteiger partial charge on any atom is -0.134 e. The summed E-state index contributed by atoms with van der Waals surface area (Å²) in [6.45, 7) is 6.92. The molecule has 0 unspecified atom stereocenters. The van der Waals surface area contributed by atoms with E-state index in [1.54, 1.807) is 0 Å². The Hall–Kier alpha value is -7.14. The van der Waals surface area contributed by atoms with Crippen molar-refractivity contribution in [3.8, 4) is 66.8 Å². The third kappa shape index (κ3) is 12.8. The molecule has 3 heterocycles. The molecule has 13 rings (SSSR count). The lowest BCUT2D eigenvalue weighted by atomic mass is 9.90. The van der Waals surface area contributed by atoms with Crippen LogP contribution >= 0.6 is 34.0 Å². The average molecular weight is 1190 g/mol. The lowest BCUT2D eigenvalue weighted by Gasteiger charge is -2.14. The van der Waals surface area contributed by atoms with Crippen LogP contribution in [0, 0.1) is 0 Å². The molecule has 0 fully saturated rings. The zero-order chi connectivity index (χ0) is 58.9. The van der Waals surface area contributed by atoms with Crippen molar-refractivity contribution in [2.45, 2.75) is 156 Å².